The lowest BCUT2D eigenvalue weighted by Crippen LogP contribution is -2.10. The molecule has 286 valence electrons. The maximum atomic E-state index is 6.43. The van der Waals surface area contributed by atoms with Gasteiger partial charge >= 0.3 is 0 Å². The standard InChI is InChI=1S/C58H38N2O/c1-2-18-45-39(15-1)16-13-29-53(45)59(43-37-33-41(34-38-43)46-24-14-25-52-51-23-8-12-30-57(51)61-58(46)52)42-35-31-40(32-36-42)44-17-3-4-19-47(44)48-20-5-9-26-54(48)60-55-27-10-6-21-49(55)50-22-7-11-28-56(50)60/h1-38H. The molecule has 0 fully saturated rings. The van der Waals surface area contributed by atoms with Gasteiger partial charge in [0.05, 0.1) is 22.4 Å². The van der Waals surface area contributed by atoms with Crippen molar-refractivity contribution in [2.75, 3.05) is 4.90 Å². The molecule has 0 amide bonds. The first kappa shape index (κ1) is 34.9. The summed E-state index contributed by atoms with van der Waals surface area (Å²) in [6.07, 6.45) is 0. The lowest BCUT2D eigenvalue weighted by molar-refractivity contribution is 0.670. The third-order valence-electron chi connectivity index (χ3n) is 12.2. The average molecular weight is 779 g/mol. The van der Waals surface area contributed by atoms with E-state index in [0.29, 0.717) is 0 Å². The molecule has 0 aliphatic carbocycles. The second-order valence-corrected chi connectivity index (χ2v) is 15.6. The molecule has 0 unspecified atom stereocenters. The van der Waals surface area contributed by atoms with Crippen LogP contribution in [0.2, 0.25) is 0 Å². The van der Waals surface area contributed by atoms with Crippen molar-refractivity contribution < 1.29 is 4.42 Å². The first-order valence-electron chi connectivity index (χ1n) is 20.8. The van der Waals surface area contributed by atoms with Crippen molar-refractivity contribution in [3.05, 3.63) is 231 Å². The quantitative estimate of drug-likeness (QED) is 0.161. The number of anilines is 3. The largest absolute Gasteiger partial charge is 0.455 e. The van der Waals surface area contributed by atoms with Gasteiger partial charge in [-0.15, -0.1) is 0 Å². The smallest absolute Gasteiger partial charge is 0.143 e. The van der Waals surface area contributed by atoms with Gasteiger partial charge in [-0.3, -0.25) is 0 Å². The summed E-state index contributed by atoms with van der Waals surface area (Å²) in [7, 11) is 0. The van der Waals surface area contributed by atoms with Gasteiger partial charge in [-0.25, -0.2) is 0 Å². The molecule has 0 aliphatic rings. The van der Waals surface area contributed by atoms with Gasteiger partial charge in [0.25, 0.3) is 0 Å². The summed E-state index contributed by atoms with van der Waals surface area (Å²) in [6, 6.07) is 82.9. The van der Waals surface area contributed by atoms with E-state index in [9.17, 15) is 0 Å². The van der Waals surface area contributed by atoms with Crippen molar-refractivity contribution in [1.29, 1.82) is 0 Å². The molecule has 0 aliphatic heterocycles. The molecule has 12 aromatic rings. The van der Waals surface area contributed by atoms with Crippen LogP contribution < -0.4 is 4.90 Å². The summed E-state index contributed by atoms with van der Waals surface area (Å²) in [6.45, 7) is 0. The normalized spacial score (nSPS) is 11.6. The van der Waals surface area contributed by atoms with Crippen LogP contribution in [0.1, 0.15) is 0 Å². The molecule has 2 heterocycles. The van der Waals surface area contributed by atoms with Crippen LogP contribution in [0.25, 0.3) is 93.6 Å². The fourth-order valence-electron chi connectivity index (χ4n) is 9.43. The second kappa shape index (κ2) is 14.3. The summed E-state index contributed by atoms with van der Waals surface area (Å²) < 4.78 is 8.86. The molecule has 0 spiro atoms. The number of aromatic nitrogens is 1. The average Bonchev–Trinajstić information content (AvgIpc) is 3.88. The Labute approximate surface area is 353 Å². The summed E-state index contributed by atoms with van der Waals surface area (Å²) in [5.74, 6) is 0. The van der Waals surface area contributed by atoms with Gasteiger partial charge in [0.1, 0.15) is 11.2 Å². The Morgan fingerprint density at radius 2 is 0.820 bits per heavy atom. The Bertz CT molecular complexity index is 3530. The van der Waals surface area contributed by atoms with Crippen LogP contribution in [-0.4, -0.2) is 4.57 Å². The van der Waals surface area contributed by atoms with E-state index < -0.39 is 0 Å². The van der Waals surface area contributed by atoms with Crippen LogP contribution in [0, 0.1) is 0 Å². The Hall–Kier alpha value is -8.14. The SMILES string of the molecule is c1ccc(-c2ccccc2-n2c3ccccc3c3ccccc32)c(-c2ccc(N(c3ccc(-c4cccc5c4oc4ccccc45)cc3)c3cccc4ccccc34)cc2)c1. The maximum Gasteiger partial charge on any atom is 0.143 e. The minimum absolute atomic E-state index is 0.905. The molecule has 10 aromatic carbocycles. The van der Waals surface area contributed by atoms with Gasteiger partial charge < -0.3 is 13.9 Å². The zero-order valence-electron chi connectivity index (χ0n) is 33.2. The van der Waals surface area contributed by atoms with E-state index in [1.165, 1.54) is 49.3 Å². The van der Waals surface area contributed by atoms with E-state index in [0.717, 1.165) is 61.4 Å². The van der Waals surface area contributed by atoms with Crippen LogP contribution in [0.4, 0.5) is 17.1 Å². The Balaban J connectivity index is 0.965. The van der Waals surface area contributed by atoms with Gasteiger partial charge in [0.15, 0.2) is 0 Å². The van der Waals surface area contributed by atoms with Gasteiger partial charge in [0.2, 0.25) is 0 Å². The Morgan fingerprint density at radius 1 is 0.328 bits per heavy atom. The monoisotopic (exact) mass is 778 g/mol. The number of benzene rings is 10. The molecule has 2 aromatic heterocycles. The lowest BCUT2D eigenvalue weighted by atomic mass is 9.93. The highest BCUT2D eigenvalue weighted by molar-refractivity contribution is 6.11. The molecular weight excluding hydrogens is 741 g/mol. The molecule has 0 bridgehead atoms. The number of furan rings is 1. The van der Waals surface area contributed by atoms with E-state index in [2.05, 4.69) is 228 Å². The number of fused-ring (bicyclic) bond motifs is 7. The molecule has 3 nitrogen and oxygen atoms in total. The van der Waals surface area contributed by atoms with Gasteiger partial charge in [-0.2, -0.15) is 0 Å². The topological polar surface area (TPSA) is 21.3 Å². The van der Waals surface area contributed by atoms with E-state index in [1.54, 1.807) is 0 Å². The second-order valence-electron chi connectivity index (χ2n) is 15.6. The number of para-hydroxylation sites is 5. The van der Waals surface area contributed by atoms with Gasteiger partial charge in [-0.1, -0.05) is 176 Å². The lowest BCUT2D eigenvalue weighted by Gasteiger charge is -2.27. The van der Waals surface area contributed by atoms with E-state index in [-0.39, 0.29) is 0 Å². The van der Waals surface area contributed by atoms with Crippen LogP contribution in [0.5, 0.6) is 0 Å². The molecule has 61 heavy (non-hydrogen) atoms. The maximum absolute atomic E-state index is 6.43. The first-order chi connectivity index (χ1) is 30.3. The zero-order chi connectivity index (χ0) is 40.3. The molecular formula is C58H38N2O. The highest BCUT2D eigenvalue weighted by Gasteiger charge is 2.20. The minimum Gasteiger partial charge on any atom is -0.455 e. The highest BCUT2D eigenvalue weighted by atomic mass is 16.3. The third kappa shape index (κ3) is 5.74. The van der Waals surface area contributed by atoms with Crippen LogP contribution in [-0.2, 0) is 0 Å². The summed E-state index contributed by atoms with van der Waals surface area (Å²) in [4.78, 5) is 2.38. The molecule has 0 saturated heterocycles. The van der Waals surface area contributed by atoms with E-state index in [1.807, 2.05) is 12.1 Å². The third-order valence-corrected chi connectivity index (χ3v) is 12.2. The van der Waals surface area contributed by atoms with Crippen molar-refractivity contribution in [1.82, 2.24) is 4.57 Å². The molecule has 0 saturated carbocycles. The van der Waals surface area contributed by atoms with Crippen LogP contribution in [0.3, 0.4) is 0 Å². The Kier molecular flexibility index (Phi) is 8.17. The van der Waals surface area contributed by atoms with Gasteiger partial charge in [0, 0.05) is 49.4 Å². The molecule has 12 rings (SSSR count). The predicted octanol–water partition coefficient (Wildman–Crippen LogP) is 16.3. The molecule has 3 heteroatoms. The molecule has 0 atom stereocenters. The van der Waals surface area contributed by atoms with E-state index >= 15 is 0 Å². The van der Waals surface area contributed by atoms with Crippen molar-refractivity contribution in [3.8, 4) is 39.1 Å². The summed E-state index contributed by atoms with van der Waals surface area (Å²) >= 11 is 0. The minimum atomic E-state index is 0.905. The van der Waals surface area contributed by atoms with Crippen molar-refractivity contribution in [2.24, 2.45) is 0 Å². The fraction of sp³-hybridized carbons (Fsp3) is 0. The first-order valence-corrected chi connectivity index (χ1v) is 20.8. The van der Waals surface area contributed by atoms with Crippen molar-refractivity contribution in [2.45, 2.75) is 0 Å². The number of nitrogens with zero attached hydrogens (tertiary/aromatic N) is 2. The van der Waals surface area contributed by atoms with Crippen molar-refractivity contribution >= 4 is 71.6 Å². The number of hydrogen-bond acceptors (Lipinski definition) is 2. The van der Waals surface area contributed by atoms with Gasteiger partial charge in [-0.05, 0) is 82.2 Å². The van der Waals surface area contributed by atoms with Crippen LogP contribution >= 0.6 is 0 Å². The number of rotatable bonds is 7. The number of hydrogen-bond donors (Lipinski definition) is 0. The molecule has 0 radical (unpaired) electrons. The summed E-state index contributed by atoms with van der Waals surface area (Å²) in [5.41, 5.74) is 15.6. The Morgan fingerprint density at radius 3 is 1.54 bits per heavy atom. The zero-order valence-corrected chi connectivity index (χ0v) is 33.2. The summed E-state index contributed by atoms with van der Waals surface area (Å²) in [5, 5.41) is 7.17. The highest BCUT2D eigenvalue weighted by Crippen LogP contribution is 2.44. The van der Waals surface area contributed by atoms with E-state index in [4.69, 9.17) is 4.42 Å². The molecule has 0 N–H and O–H groups in total. The predicted molar refractivity (Wildman–Crippen MR) is 257 cm³/mol. The fourth-order valence-corrected chi connectivity index (χ4v) is 9.43. The van der Waals surface area contributed by atoms with Crippen molar-refractivity contribution in [3.63, 3.8) is 0 Å². The van der Waals surface area contributed by atoms with Crippen LogP contribution in [0.15, 0.2) is 235 Å².